The van der Waals surface area contributed by atoms with E-state index >= 15 is 0 Å². The summed E-state index contributed by atoms with van der Waals surface area (Å²) in [4.78, 5) is 0. The standard InChI is InChI=1S/C5H11N3O/c6-3-5-4-9-2-1-8(5)7/h3H,1-2,4,6-7H2/b5-3-. The molecule has 0 bridgehead atoms. The average Bonchev–Trinajstić information content (AvgIpc) is 1.89. The maximum atomic E-state index is 5.49. The van der Waals surface area contributed by atoms with Crippen LogP contribution in [0.3, 0.4) is 0 Å². The fraction of sp³-hybridized carbons (Fsp3) is 0.600. The van der Waals surface area contributed by atoms with Crippen LogP contribution >= 0.6 is 0 Å². The molecule has 4 N–H and O–H groups in total. The van der Waals surface area contributed by atoms with E-state index in [1.54, 1.807) is 5.01 Å². The summed E-state index contributed by atoms with van der Waals surface area (Å²) in [6, 6.07) is 0. The Kier molecular flexibility index (Phi) is 1.92. The molecule has 1 aliphatic heterocycles. The molecule has 0 radical (unpaired) electrons. The van der Waals surface area contributed by atoms with Crippen LogP contribution in [0.25, 0.3) is 0 Å². The van der Waals surface area contributed by atoms with Gasteiger partial charge in [0, 0.05) is 6.20 Å². The number of morpholine rings is 1. The predicted octanol–water partition coefficient (Wildman–Crippen LogP) is -1.01. The molecule has 0 saturated carbocycles. The maximum absolute atomic E-state index is 5.49. The van der Waals surface area contributed by atoms with Gasteiger partial charge in [0.2, 0.25) is 0 Å². The van der Waals surface area contributed by atoms with Crippen LogP contribution < -0.4 is 11.6 Å². The molecule has 0 aromatic rings. The summed E-state index contributed by atoms with van der Waals surface area (Å²) in [6.45, 7) is 1.95. The fourth-order valence-corrected chi connectivity index (χ4v) is 0.710. The second kappa shape index (κ2) is 2.70. The maximum Gasteiger partial charge on any atom is 0.0894 e. The smallest absolute Gasteiger partial charge is 0.0894 e. The van der Waals surface area contributed by atoms with E-state index in [4.69, 9.17) is 16.3 Å². The van der Waals surface area contributed by atoms with Gasteiger partial charge in [-0.05, 0) is 0 Å². The molecule has 4 nitrogen and oxygen atoms in total. The molecule has 0 aliphatic carbocycles. The third kappa shape index (κ3) is 1.34. The van der Waals surface area contributed by atoms with Crippen molar-refractivity contribution >= 4 is 0 Å². The van der Waals surface area contributed by atoms with Crippen LogP contribution in [-0.4, -0.2) is 24.8 Å². The number of hydrogen-bond acceptors (Lipinski definition) is 4. The Morgan fingerprint density at radius 1 is 1.67 bits per heavy atom. The summed E-state index contributed by atoms with van der Waals surface area (Å²) in [5.74, 6) is 5.49. The zero-order valence-corrected chi connectivity index (χ0v) is 5.21. The Morgan fingerprint density at radius 3 is 2.89 bits per heavy atom. The Bertz CT molecular complexity index is 123. The van der Waals surface area contributed by atoms with E-state index in [1.165, 1.54) is 6.20 Å². The number of ether oxygens (including phenoxy) is 1. The van der Waals surface area contributed by atoms with E-state index in [1.807, 2.05) is 0 Å². The van der Waals surface area contributed by atoms with Crippen LogP contribution in [0.1, 0.15) is 0 Å². The van der Waals surface area contributed by atoms with Crippen LogP contribution in [0.5, 0.6) is 0 Å². The number of hydrogen-bond donors (Lipinski definition) is 2. The first-order valence-corrected chi connectivity index (χ1v) is 2.85. The van der Waals surface area contributed by atoms with Gasteiger partial charge in [-0.1, -0.05) is 0 Å². The highest BCUT2D eigenvalue weighted by molar-refractivity contribution is 4.98. The summed E-state index contributed by atoms with van der Waals surface area (Å²) in [5.41, 5.74) is 6.08. The molecular formula is C5H11N3O. The van der Waals surface area contributed by atoms with Gasteiger partial charge in [0.25, 0.3) is 0 Å². The molecule has 1 aliphatic rings. The van der Waals surface area contributed by atoms with Crippen LogP contribution in [0.4, 0.5) is 0 Å². The van der Waals surface area contributed by atoms with Crippen molar-refractivity contribution in [2.45, 2.75) is 0 Å². The Morgan fingerprint density at radius 2 is 2.44 bits per heavy atom. The lowest BCUT2D eigenvalue weighted by molar-refractivity contribution is 0.0731. The van der Waals surface area contributed by atoms with Crippen molar-refractivity contribution in [3.63, 3.8) is 0 Å². The molecule has 9 heavy (non-hydrogen) atoms. The molecule has 0 atom stereocenters. The molecule has 0 aromatic carbocycles. The third-order valence-corrected chi connectivity index (χ3v) is 1.29. The summed E-state index contributed by atoms with van der Waals surface area (Å²) in [6.07, 6.45) is 1.47. The van der Waals surface area contributed by atoms with Crippen molar-refractivity contribution < 1.29 is 4.74 Å². The highest BCUT2D eigenvalue weighted by atomic mass is 16.5. The lowest BCUT2D eigenvalue weighted by Gasteiger charge is -2.26. The van der Waals surface area contributed by atoms with E-state index in [-0.39, 0.29) is 0 Å². The van der Waals surface area contributed by atoms with Crippen molar-refractivity contribution in [3.8, 4) is 0 Å². The second-order valence-corrected chi connectivity index (χ2v) is 1.90. The first-order valence-electron chi connectivity index (χ1n) is 2.85. The highest BCUT2D eigenvalue weighted by Gasteiger charge is 2.09. The minimum Gasteiger partial charge on any atom is -0.403 e. The zero-order valence-electron chi connectivity index (χ0n) is 5.21. The molecule has 1 heterocycles. The Labute approximate surface area is 54.0 Å². The van der Waals surface area contributed by atoms with E-state index in [0.29, 0.717) is 13.2 Å². The molecule has 4 heteroatoms. The largest absolute Gasteiger partial charge is 0.403 e. The van der Waals surface area contributed by atoms with Gasteiger partial charge in [-0.3, -0.25) is 0 Å². The minimum absolute atomic E-state index is 0.535. The van der Waals surface area contributed by atoms with E-state index in [2.05, 4.69) is 0 Å². The normalized spacial score (nSPS) is 25.0. The third-order valence-electron chi connectivity index (χ3n) is 1.29. The molecule has 1 fully saturated rings. The van der Waals surface area contributed by atoms with Gasteiger partial charge in [-0.2, -0.15) is 0 Å². The van der Waals surface area contributed by atoms with Gasteiger partial charge in [0.05, 0.1) is 25.5 Å². The fourth-order valence-electron chi connectivity index (χ4n) is 0.710. The topological polar surface area (TPSA) is 64.5 Å². The van der Waals surface area contributed by atoms with E-state index < -0.39 is 0 Å². The van der Waals surface area contributed by atoms with Crippen LogP contribution in [0, 0.1) is 0 Å². The Balaban J connectivity index is 2.49. The SMILES string of the molecule is N/C=C1/COCCN1N. The first-order chi connectivity index (χ1) is 4.34. The minimum atomic E-state index is 0.535. The number of nitrogens with zero attached hydrogens (tertiary/aromatic N) is 1. The van der Waals surface area contributed by atoms with Crippen molar-refractivity contribution in [1.82, 2.24) is 5.01 Å². The summed E-state index contributed by atoms with van der Waals surface area (Å²) < 4.78 is 5.07. The lowest BCUT2D eigenvalue weighted by atomic mass is 10.4. The quantitative estimate of drug-likeness (QED) is 0.411. The molecule has 1 saturated heterocycles. The second-order valence-electron chi connectivity index (χ2n) is 1.90. The molecule has 0 amide bonds. The summed E-state index contributed by atoms with van der Waals surface area (Å²) in [5, 5.41) is 1.60. The lowest BCUT2D eigenvalue weighted by Crippen LogP contribution is -2.39. The zero-order chi connectivity index (χ0) is 6.69. The molecular weight excluding hydrogens is 118 g/mol. The molecule has 0 spiro atoms. The molecule has 0 aromatic heterocycles. The number of hydrazine groups is 1. The monoisotopic (exact) mass is 129 g/mol. The van der Waals surface area contributed by atoms with Gasteiger partial charge in [0.1, 0.15) is 0 Å². The van der Waals surface area contributed by atoms with E-state index in [9.17, 15) is 0 Å². The summed E-state index contributed by atoms with van der Waals surface area (Å²) >= 11 is 0. The average molecular weight is 129 g/mol. The van der Waals surface area contributed by atoms with Crippen LogP contribution in [0.2, 0.25) is 0 Å². The van der Waals surface area contributed by atoms with Crippen LogP contribution in [0.15, 0.2) is 11.9 Å². The van der Waals surface area contributed by atoms with Crippen molar-refractivity contribution in [3.05, 3.63) is 11.9 Å². The van der Waals surface area contributed by atoms with Gasteiger partial charge in [0.15, 0.2) is 0 Å². The van der Waals surface area contributed by atoms with Crippen molar-refractivity contribution in [2.75, 3.05) is 19.8 Å². The molecule has 52 valence electrons. The van der Waals surface area contributed by atoms with Gasteiger partial charge >= 0.3 is 0 Å². The van der Waals surface area contributed by atoms with Crippen LogP contribution in [-0.2, 0) is 4.74 Å². The number of rotatable bonds is 0. The molecule has 0 unspecified atom stereocenters. The molecule has 1 rings (SSSR count). The summed E-state index contributed by atoms with van der Waals surface area (Å²) in [7, 11) is 0. The van der Waals surface area contributed by atoms with Gasteiger partial charge in [-0.15, -0.1) is 0 Å². The highest BCUT2D eigenvalue weighted by Crippen LogP contribution is 2.02. The van der Waals surface area contributed by atoms with E-state index in [0.717, 1.165) is 12.2 Å². The van der Waals surface area contributed by atoms with Gasteiger partial charge in [-0.25, -0.2) is 5.84 Å². The Hall–Kier alpha value is -0.740. The predicted molar refractivity (Wildman–Crippen MR) is 34.0 cm³/mol. The first kappa shape index (κ1) is 6.38. The number of nitrogens with two attached hydrogens (primary N) is 2. The van der Waals surface area contributed by atoms with Crippen molar-refractivity contribution in [2.24, 2.45) is 11.6 Å². The van der Waals surface area contributed by atoms with Gasteiger partial charge < -0.3 is 15.5 Å². The van der Waals surface area contributed by atoms with Crippen molar-refractivity contribution in [1.29, 1.82) is 0 Å².